The van der Waals surface area contributed by atoms with E-state index < -0.39 is 5.41 Å². The number of hydrogen-bond acceptors (Lipinski definition) is 2. The lowest BCUT2D eigenvalue weighted by Crippen LogP contribution is -2.14. The first-order valence-corrected chi connectivity index (χ1v) is 4.67. The second kappa shape index (κ2) is 3.39. The minimum Gasteiger partial charge on any atom is -0.508 e. The Bertz CT molecular complexity index is 366. The van der Waals surface area contributed by atoms with E-state index in [4.69, 9.17) is 5.26 Å². The van der Waals surface area contributed by atoms with E-state index in [1.54, 1.807) is 18.2 Å². The van der Waals surface area contributed by atoms with E-state index >= 15 is 0 Å². The molecule has 0 aromatic heterocycles. The maximum atomic E-state index is 9.27. The second-order valence-corrected chi connectivity index (χ2v) is 4.26. The van der Waals surface area contributed by atoms with E-state index in [0.29, 0.717) is 0 Å². The topological polar surface area (TPSA) is 44.0 Å². The number of nitrogens with zero attached hydrogens (tertiary/aromatic N) is 1. The highest BCUT2D eigenvalue weighted by molar-refractivity contribution is 9.10. The molecule has 0 heterocycles. The van der Waals surface area contributed by atoms with E-state index in [-0.39, 0.29) is 5.75 Å². The van der Waals surface area contributed by atoms with Gasteiger partial charge in [0, 0.05) is 4.47 Å². The average molecular weight is 240 g/mol. The number of aromatic hydroxyl groups is 1. The summed E-state index contributed by atoms with van der Waals surface area (Å²) in [7, 11) is 0. The van der Waals surface area contributed by atoms with Crippen molar-refractivity contribution in [3.63, 3.8) is 0 Å². The van der Waals surface area contributed by atoms with Crippen LogP contribution >= 0.6 is 15.9 Å². The molecule has 0 spiro atoms. The maximum Gasteiger partial charge on any atom is 0.115 e. The van der Waals surface area contributed by atoms with Crippen LogP contribution in [0.2, 0.25) is 0 Å². The fraction of sp³-hybridized carbons (Fsp3) is 0.300. The number of halogens is 1. The standard InChI is InChI=1S/C10H10BrNO/c1-10(2,6-12)8-5-7(13)3-4-9(8)11/h3-5,13H,1-2H3. The van der Waals surface area contributed by atoms with Gasteiger partial charge in [0.15, 0.2) is 0 Å². The Kier molecular flexibility index (Phi) is 2.63. The molecule has 2 nitrogen and oxygen atoms in total. The first-order chi connectivity index (χ1) is 5.97. The van der Waals surface area contributed by atoms with Gasteiger partial charge < -0.3 is 5.11 Å². The molecule has 0 aliphatic carbocycles. The van der Waals surface area contributed by atoms with Gasteiger partial charge in [-0.2, -0.15) is 5.26 Å². The molecule has 13 heavy (non-hydrogen) atoms. The van der Waals surface area contributed by atoms with Crippen LogP contribution in [0.3, 0.4) is 0 Å². The third-order valence-electron chi connectivity index (χ3n) is 1.90. The summed E-state index contributed by atoms with van der Waals surface area (Å²) in [5, 5.41) is 18.2. The van der Waals surface area contributed by atoms with Crippen LogP contribution < -0.4 is 0 Å². The summed E-state index contributed by atoms with van der Waals surface area (Å²) >= 11 is 3.34. The van der Waals surface area contributed by atoms with Crippen LogP contribution in [0.25, 0.3) is 0 Å². The molecule has 1 aromatic rings. The molecule has 0 radical (unpaired) electrons. The van der Waals surface area contributed by atoms with Gasteiger partial charge in [0.2, 0.25) is 0 Å². The van der Waals surface area contributed by atoms with Gasteiger partial charge in [0.25, 0.3) is 0 Å². The van der Waals surface area contributed by atoms with Crippen LogP contribution in [0.1, 0.15) is 19.4 Å². The summed E-state index contributed by atoms with van der Waals surface area (Å²) in [6.07, 6.45) is 0. The Morgan fingerprint density at radius 2 is 2.08 bits per heavy atom. The van der Waals surface area contributed by atoms with Crippen LogP contribution in [-0.4, -0.2) is 5.11 Å². The van der Waals surface area contributed by atoms with Crippen molar-refractivity contribution in [2.45, 2.75) is 19.3 Å². The number of nitriles is 1. The summed E-state index contributed by atoms with van der Waals surface area (Å²) in [4.78, 5) is 0. The van der Waals surface area contributed by atoms with Crippen molar-refractivity contribution in [3.8, 4) is 11.8 Å². The summed E-state index contributed by atoms with van der Waals surface area (Å²) < 4.78 is 0.844. The van der Waals surface area contributed by atoms with E-state index in [9.17, 15) is 5.11 Å². The second-order valence-electron chi connectivity index (χ2n) is 3.40. The monoisotopic (exact) mass is 239 g/mol. The first-order valence-electron chi connectivity index (χ1n) is 3.87. The first kappa shape index (κ1) is 10.1. The van der Waals surface area contributed by atoms with Gasteiger partial charge in [-0.15, -0.1) is 0 Å². The summed E-state index contributed by atoms with van der Waals surface area (Å²) in [6, 6.07) is 7.11. The van der Waals surface area contributed by atoms with E-state index in [1.807, 2.05) is 13.8 Å². The third-order valence-corrected chi connectivity index (χ3v) is 2.59. The zero-order valence-corrected chi connectivity index (χ0v) is 9.09. The molecule has 3 heteroatoms. The van der Waals surface area contributed by atoms with Gasteiger partial charge in [0.1, 0.15) is 5.75 Å². The molecule has 1 aromatic carbocycles. The molecule has 0 atom stereocenters. The van der Waals surface area contributed by atoms with Crippen molar-refractivity contribution < 1.29 is 5.11 Å². The molecular formula is C10H10BrNO. The molecule has 0 unspecified atom stereocenters. The van der Waals surface area contributed by atoms with Crippen molar-refractivity contribution in [2.24, 2.45) is 0 Å². The van der Waals surface area contributed by atoms with E-state index in [1.165, 1.54) is 0 Å². The minimum absolute atomic E-state index is 0.182. The highest BCUT2D eigenvalue weighted by Gasteiger charge is 2.22. The molecule has 0 amide bonds. The lowest BCUT2D eigenvalue weighted by Gasteiger charge is -2.17. The number of benzene rings is 1. The smallest absolute Gasteiger partial charge is 0.115 e. The Morgan fingerprint density at radius 3 is 2.62 bits per heavy atom. The quantitative estimate of drug-likeness (QED) is 0.820. The molecule has 0 saturated carbocycles. The molecular weight excluding hydrogens is 230 g/mol. The predicted octanol–water partition coefficient (Wildman–Crippen LogP) is 2.96. The van der Waals surface area contributed by atoms with Gasteiger partial charge in [0.05, 0.1) is 11.5 Å². The van der Waals surface area contributed by atoms with Gasteiger partial charge >= 0.3 is 0 Å². The maximum absolute atomic E-state index is 9.27. The molecule has 1 N–H and O–H groups in total. The zero-order chi connectivity index (χ0) is 10.1. The minimum atomic E-state index is -0.586. The fourth-order valence-corrected chi connectivity index (χ4v) is 1.79. The Balaban J connectivity index is 3.30. The molecule has 68 valence electrons. The van der Waals surface area contributed by atoms with Crippen molar-refractivity contribution in [2.75, 3.05) is 0 Å². The number of rotatable bonds is 1. The highest BCUT2D eigenvalue weighted by atomic mass is 79.9. The summed E-state index contributed by atoms with van der Waals surface area (Å²) in [6.45, 7) is 3.62. The average Bonchev–Trinajstić information content (AvgIpc) is 2.09. The van der Waals surface area contributed by atoms with Crippen molar-refractivity contribution in [1.82, 2.24) is 0 Å². The van der Waals surface area contributed by atoms with Crippen LogP contribution in [-0.2, 0) is 5.41 Å². The molecule has 0 fully saturated rings. The van der Waals surface area contributed by atoms with Crippen molar-refractivity contribution in [1.29, 1.82) is 5.26 Å². The molecule has 0 aliphatic heterocycles. The van der Waals surface area contributed by atoms with E-state index in [2.05, 4.69) is 22.0 Å². The van der Waals surface area contributed by atoms with Crippen molar-refractivity contribution >= 4 is 15.9 Å². The Hall–Kier alpha value is -1.01. The molecule has 0 saturated heterocycles. The normalized spacial score (nSPS) is 10.9. The molecule has 0 aliphatic rings. The largest absolute Gasteiger partial charge is 0.508 e. The van der Waals surface area contributed by atoms with Gasteiger partial charge in [-0.25, -0.2) is 0 Å². The van der Waals surface area contributed by atoms with Crippen molar-refractivity contribution in [3.05, 3.63) is 28.2 Å². The Labute approximate surface area is 85.9 Å². The fourth-order valence-electron chi connectivity index (χ4n) is 1.05. The van der Waals surface area contributed by atoms with Gasteiger partial charge in [-0.3, -0.25) is 0 Å². The lowest BCUT2D eigenvalue weighted by molar-refractivity contribution is 0.472. The Morgan fingerprint density at radius 1 is 1.46 bits per heavy atom. The van der Waals surface area contributed by atoms with Gasteiger partial charge in [-0.1, -0.05) is 15.9 Å². The third kappa shape index (κ3) is 2.02. The SMILES string of the molecule is CC(C)(C#N)c1cc(O)ccc1Br. The molecule has 1 rings (SSSR count). The highest BCUT2D eigenvalue weighted by Crippen LogP contribution is 2.32. The lowest BCUT2D eigenvalue weighted by atomic mass is 9.86. The van der Waals surface area contributed by atoms with Crippen LogP contribution in [0, 0.1) is 11.3 Å². The number of phenols is 1. The number of phenolic OH excluding ortho intramolecular Hbond substituents is 1. The summed E-state index contributed by atoms with van der Waals surface area (Å²) in [5.41, 5.74) is 0.215. The summed E-state index contributed by atoms with van der Waals surface area (Å²) in [5.74, 6) is 0.182. The van der Waals surface area contributed by atoms with E-state index in [0.717, 1.165) is 10.0 Å². The van der Waals surface area contributed by atoms with Crippen LogP contribution in [0.4, 0.5) is 0 Å². The van der Waals surface area contributed by atoms with Gasteiger partial charge in [-0.05, 0) is 37.6 Å². The molecule has 0 bridgehead atoms. The predicted molar refractivity (Wildman–Crippen MR) is 54.4 cm³/mol. The number of hydrogen-bond donors (Lipinski definition) is 1. The zero-order valence-electron chi connectivity index (χ0n) is 7.50. The van der Waals surface area contributed by atoms with Crippen LogP contribution in [0.15, 0.2) is 22.7 Å². The van der Waals surface area contributed by atoms with Crippen LogP contribution in [0.5, 0.6) is 5.75 Å².